The predicted molar refractivity (Wildman–Crippen MR) is 88.3 cm³/mol. The molecule has 1 saturated heterocycles. The van der Waals surface area contributed by atoms with Crippen LogP contribution in [0.1, 0.15) is 55.4 Å². The van der Waals surface area contributed by atoms with Gasteiger partial charge in [-0.3, -0.25) is 0 Å². The van der Waals surface area contributed by atoms with Crippen molar-refractivity contribution in [3.8, 4) is 0 Å². The molecule has 0 radical (unpaired) electrons. The molecule has 0 aromatic carbocycles. The van der Waals surface area contributed by atoms with Gasteiger partial charge < -0.3 is 26.6 Å². The lowest BCUT2D eigenvalue weighted by Gasteiger charge is -2.42. The van der Waals surface area contributed by atoms with Crippen LogP contribution in [0.15, 0.2) is 0 Å². The van der Waals surface area contributed by atoms with E-state index in [0.717, 1.165) is 0 Å². The molecular formula is C14H32O6Si2. The summed E-state index contributed by atoms with van der Waals surface area (Å²) in [5.41, 5.74) is 0. The van der Waals surface area contributed by atoms with Crippen molar-refractivity contribution in [1.82, 2.24) is 0 Å². The summed E-state index contributed by atoms with van der Waals surface area (Å²) in [7, 11) is -5.69. The molecule has 1 fully saturated rings. The molecule has 1 rings (SSSR count). The molecule has 0 spiro atoms. The maximum absolute atomic E-state index is 6.09. The van der Waals surface area contributed by atoms with E-state index >= 15 is 0 Å². The van der Waals surface area contributed by atoms with Crippen molar-refractivity contribution in [2.24, 2.45) is 0 Å². The molecule has 0 aliphatic carbocycles. The quantitative estimate of drug-likeness (QED) is 0.626. The first-order chi connectivity index (χ1) is 10.1. The second-order valence-corrected chi connectivity index (χ2v) is 11.4. The summed E-state index contributed by atoms with van der Waals surface area (Å²) in [6.07, 6.45) is 0.602. The van der Waals surface area contributed by atoms with Gasteiger partial charge in [-0.05, 0) is 55.4 Å². The highest BCUT2D eigenvalue weighted by Crippen LogP contribution is 2.27. The summed E-state index contributed by atoms with van der Waals surface area (Å²) in [5.74, 6) is 0. The van der Waals surface area contributed by atoms with Crippen molar-refractivity contribution < 1.29 is 26.6 Å². The van der Waals surface area contributed by atoms with E-state index in [2.05, 4.69) is 0 Å². The van der Waals surface area contributed by atoms with Gasteiger partial charge in [0.1, 0.15) is 12.5 Å². The molecule has 8 heteroatoms. The number of rotatable bonds is 8. The molecule has 1 heterocycles. The third-order valence-corrected chi connectivity index (χ3v) is 8.66. The molecule has 0 unspecified atom stereocenters. The zero-order valence-corrected chi connectivity index (χ0v) is 17.2. The fourth-order valence-corrected chi connectivity index (χ4v) is 9.11. The zero-order chi connectivity index (χ0) is 17.0. The van der Waals surface area contributed by atoms with E-state index in [9.17, 15) is 0 Å². The highest BCUT2D eigenvalue weighted by Gasteiger charge is 2.57. The van der Waals surface area contributed by atoms with E-state index in [1.165, 1.54) is 0 Å². The van der Waals surface area contributed by atoms with Crippen LogP contribution in [0.5, 0.6) is 0 Å². The first kappa shape index (κ1) is 20.2. The molecule has 6 nitrogen and oxygen atoms in total. The van der Waals surface area contributed by atoms with Crippen molar-refractivity contribution in [1.29, 1.82) is 0 Å². The largest absolute Gasteiger partial charge is 0.527 e. The van der Waals surface area contributed by atoms with Crippen LogP contribution in [0.3, 0.4) is 0 Å². The molecule has 0 saturated carbocycles. The van der Waals surface area contributed by atoms with Crippen LogP contribution in [0.25, 0.3) is 0 Å². The van der Waals surface area contributed by atoms with Crippen LogP contribution in [0.4, 0.5) is 0 Å². The Labute approximate surface area is 137 Å². The van der Waals surface area contributed by atoms with Crippen molar-refractivity contribution in [2.75, 3.05) is 12.5 Å². The van der Waals surface area contributed by atoms with E-state index in [1.807, 2.05) is 55.4 Å². The lowest BCUT2D eigenvalue weighted by Crippen LogP contribution is -2.67. The average Bonchev–Trinajstić information content (AvgIpc) is 2.30. The van der Waals surface area contributed by atoms with Crippen molar-refractivity contribution in [2.45, 2.75) is 79.8 Å². The van der Waals surface area contributed by atoms with Crippen LogP contribution in [-0.2, 0) is 26.6 Å². The maximum Gasteiger partial charge on any atom is 0.527 e. The van der Waals surface area contributed by atoms with Gasteiger partial charge in [0, 0.05) is 24.4 Å². The molecule has 22 heavy (non-hydrogen) atoms. The van der Waals surface area contributed by atoms with E-state index in [1.54, 1.807) is 0 Å². The molecular weight excluding hydrogens is 320 g/mol. The predicted octanol–water partition coefficient (Wildman–Crippen LogP) is 2.69. The molecule has 0 atom stereocenters. The van der Waals surface area contributed by atoms with Crippen LogP contribution in [0.2, 0.25) is 0 Å². The molecule has 0 aromatic rings. The van der Waals surface area contributed by atoms with E-state index in [-0.39, 0.29) is 36.9 Å². The second kappa shape index (κ2) is 8.34. The molecule has 132 valence electrons. The monoisotopic (exact) mass is 352 g/mol. The van der Waals surface area contributed by atoms with Gasteiger partial charge in [0.25, 0.3) is 0 Å². The Morgan fingerprint density at radius 3 is 0.909 bits per heavy atom. The van der Waals surface area contributed by atoms with Crippen molar-refractivity contribution in [3.63, 3.8) is 0 Å². The Kier molecular flexibility index (Phi) is 7.67. The minimum absolute atomic E-state index is 0.0141. The lowest BCUT2D eigenvalue weighted by atomic mass is 10.5. The zero-order valence-electron chi connectivity index (χ0n) is 15.2. The first-order valence-corrected chi connectivity index (χ1v) is 11.9. The first-order valence-electron chi connectivity index (χ1n) is 8.07. The third kappa shape index (κ3) is 6.36. The minimum Gasteiger partial charge on any atom is -0.370 e. The molecule has 0 amide bonds. The Morgan fingerprint density at radius 1 is 0.545 bits per heavy atom. The van der Waals surface area contributed by atoms with Gasteiger partial charge in [0.05, 0.1) is 0 Å². The van der Waals surface area contributed by atoms with Gasteiger partial charge in [0.15, 0.2) is 0 Å². The molecule has 1 aliphatic heterocycles. The van der Waals surface area contributed by atoms with E-state index < -0.39 is 17.6 Å². The topological polar surface area (TPSA) is 55.4 Å². The SMILES string of the molecule is CC(C)O[Si]1(OC(C)C)CO[Si](OC(C)C)(OC(C)C)CO1. The standard InChI is InChI=1S/C14H32O6Si2/c1-11(2)17-21(18-12(3)4)9-16-22(10-15-21,19-13(5)6)20-14(7)8/h11-14H,9-10H2,1-8H3. The Hall–Kier alpha value is 0.194. The Balaban J connectivity index is 2.83. The van der Waals surface area contributed by atoms with Crippen molar-refractivity contribution >= 4 is 17.6 Å². The minimum atomic E-state index is -2.85. The average molecular weight is 353 g/mol. The summed E-state index contributed by atoms with van der Waals surface area (Å²) >= 11 is 0. The summed E-state index contributed by atoms with van der Waals surface area (Å²) < 4.78 is 36.1. The van der Waals surface area contributed by atoms with Gasteiger partial charge >= 0.3 is 17.6 Å². The normalized spacial score (nSPS) is 21.3. The lowest BCUT2D eigenvalue weighted by molar-refractivity contribution is -0.0553. The van der Waals surface area contributed by atoms with Crippen LogP contribution >= 0.6 is 0 Å². The van der Waals surface area contributed by atoms with Gasteiger partial charge in [-0.1, -0.05) is 0 Å². The fourth-order valence-electron chi connectivity index (χ4n) is 2.24. The Bertz CT molecular complexity index is 271. The smallest absolute Gasteiger partial charge is 0.370 e. The molecule has 0 N–H and O–H groups in total. The summed E-state index contributed by atoms with van der Waals surface area (Å²) in [6, 6.07) is 0. The van der Waals surface area contributed by atoms with Gasteiger partial charge in [0.2, 0.25) is 0 Å². The highest BCUT2D eigenvalue weighted by molar-refractivity contribution is 6.68. The van der Waals surface area contributed by atoms with Gasteiger partial charge in [-0.2, -0.15) is 0 Å². The highest BCUT2D eigenvalue weighted by atomic mass is 28.4. The number of hydrogen-bond acceptors (Lipinski definition) is 6. The summed E-state index contributed by atoms with van der Waals surface area (Å²) in [5, 5.41) is 0. The maximum atomic E-state index is 6.09. The van der Waals surface area contributed by atoms with Gasteiger partial charge in [-0.15, -0.1) is 0 Å². The van der Waals surface area contributed by atoms with Crippen LogP contribution in [-0.4, -0.2) is 54.5 Å². The molecule has 1 aliphatic rings. The summed E-state index contributed by atoms with van der Waals surface area (Å²) in [6.45, 7) is 15.7. The fraction of sp³-hybridized carbons (Fsp3) is 1.00. The summed E-state index contributed by atoms with van der Waals surface area (Å²) in [4.78, 5) is 0. The Morgan fingerprint density at radius 2 is 0.773 bits per heavy atom. The molecule has 0 bridgehead atoms. The number of hydrogen-bond donors (Lipinski definition) is 0. The van der Waals surface area contributed by atoms with E-state index in [0.29, 0.717) is 0 Å². The van der Waals surface area contributed by atoms with Crippen LogP contribution < -0.4 is 0 Å². The van der Waals surface area contributed by atoms with Crippen LogP contribution in [0, 0.1) is 0 Å². The second-order valence-electron chi connectivity index (χ2n) is 6.61. The van der Waals surface area contributed by atoms with E-state index in [4.69, 9.17) is 26.6 Å². The molecule has 0 aromatic heterocycles. The van der Waals surface area contributed by atoms with Crippen molar-refractivity contribution in [3.05, 3.63) is 0 Å². The third-order valence-electron chi connectivity index (χ3n) is 2.60. The van der Waals surface area contributed by atoms with Gasteiger partial charge in [-0.25, -0.2) is 0 Å².